The van der Waals surface area contributed by atoms with Crippen molar-refractivity contribution in [3.63, 3.8) is 0 Å². The van der Waals surface area contributed by atoms with Crippen LogP contribution in [-0.4, -0.2) is 33.2 Å². The number of nitrogens with one attached hydrogen (secondary N) is 1. The molecule has 0 saturated carbocycles. The number of ether oxygens (including phenoxy) is 1. The molecule has 0 bridgehead atoms. The third kappa shape index (κ3) is 3.85. The average Bonchev–Trinajstić information content (AvgIpc) is 2.67. The van der Waals surface area contributed by atoms with Crippen molar-refractivity contribution in [3.05, 3.63) is 65.7 Å². The van der Waals surface area contributed by atoms with Gasteiger partial charge < -0.3 is 15.0 Å². The van der Waals surface area contributed by atoms with Gasteiger partial charge in [0.25, 0.3) is 0 Å². The van der Waals surface area contributed by atoms with Gasteiger partial charge in [0.15, 0.2) is 0 Å². The number of carbonyl (C=O) groups excluding carboxylic acids is 1. The number of hydrogen-bond acceptors (Lipinski definition) is 3. The number of benzene rings is 2. The van der Waals surface area contributed by atoms with Gasteiger partial charge in [0.1, 0.15) is 0 Å². The number of anilines is 1. The number of nitrogens with zero attached hydrogens (tertiary/aromatic N) is 1. The van der Waals surface area contributed by atoms with Crippen LogP contribution in [0.1, 0.15) is 24.0 Å². The molecule has 1 aliphatic heterocycles. The molecule has 1 amide bonds. The van der Waals surface area contributed by atoms with E-state index in [1.54, 1.807) is 0 Å². The zero-order valence-corrected chi connectivity index (χ0v) is 15.0. The van der Waals surface area contributed by atoms with Crippen LogP contribution < -0.4 is 10.2 Å². The molecule has 0 atom stereocenters. The average molecular weight is 338 g/mol. The minimum atomic E-state index is -0.487. The summed E-state index contributed by atoms with van der Waals surface area (Å²) in [5.41, 5.74) is 2.84. The Bertz CT molecular complexity index is 707. The van der Waals surface area contributed by atoms with Crippen molar-refractivity contribution in [2.24, 2.45) is 0 Å². The van der Waals surface area contributed by atoms with Crippen molar-refractivity contribution >= 4 is 11.6 Å². The summed E-state index contributed by atoms with van der Waals surface area (Å²) in [6, 6.07) is 18.3. The van der Waals surface area contributed by atoms with Crippen LogP contribution in [0, 0.1) is 0 Å². The van der Waals surface area contributed by atoms with Gasteiger partial charge in [-0.05, 0) is 36.1 Å². The summed E-state index contributed by atoms with van der Waals surface area (Å²) < 4.78 is 5.52. The molecular weight excluding hydrogens is 312 g/mol. The van der Waals surface area contributed by atoms with E-state index in [2.05, 4.69) is 34.5 Å². The second-order valence-electron chi connectivity index (χ2n) is 6.81. The number of carbonyl (C=O) groups is 1. The summed E-state index contributed by atoms with van der Waals surface area (Å²) in [4.78, 5) is 15.2. The molecule has 1 N–H and O–H groups in total. The van der Waals surface area contributed by atoms with Crippen LogP contribution in [0.4, 0.5) is 5.69 Å². The molecule has 4 nitrogen and oxygen atoms in total. The monoisotopic (exact) mass is 338 g/mol. The second kappa shape index (κ2) is 7.70. The van der Waals surface area contributed by atoms with E-state index in [0.29, 0.717) is 19.8 Å². The summed E-state index contributed by atoms with van der Waals surface area (Å²) in [5.74, 6) is 0.0947. The quantitative estimate of drug-likeness (QED) is 0.911. The minimum absolute atomic E-state index is 0.0947. The largest absolute Gasteiger partial charge is 0.381 e. The van der Waals surface area contributed by atoms with Crippen LogP contribution in [0.15, 0.2) is 54.6 Å². The first kappa shape index (κ1) is 17.5. The third-order valence-electron chi connectivity index (χ3n) is 4.99. The van der Waals surface area contributed by atoms with Gasteiger partial charge in [0.2, 0.25) is 5.91 Å². The predicted octanol–water partition coefficient (Wildman–Crippen LogP) is 3.12. The second-order valence-corrected chi connectivity index (χ2v) is 6.81. The van der Waals surface area contributed by atoms with Crippen molar-refractivity contribution in [1.29, 1.82) is 0 Å². The van der Waals surface area contributed by atoms with Gasteiger partial charge >= 0.3 is 0 Å². The fourth-order valence-corrected chi connectivity index (χ4v) is 3.42. The van der Waals surface area contributed by atoms with Crippen LogP contribution in [0.3, 0.4) is 0 Å². The SMILES string of the molecule is CN(C)c1cccc(CNC(=O)C2(c3ccccc3)CCOCC2)c1. The molecule has 2 aromatic carbocycles. The lowest BCUT2D eigenvalue weighted by atomic mass is 9.73. The van der Waals surface area contributed by atoms with E-state index in [0.717, 1.165) is 29.7 Å². The molecule has 2 aromatic rings. The van der Waals surface area contributed by atoms with Crippen LogP contribution >= 0.6 is 0 Å². The van der Waals surface area contributed by atoms with E-state index in [-0.39, 0.29) is 5.91 Å². The Morgan fingerprint density at radius 1 is 1.08 bits per heavy atom. The van der Waals surface area contributed by atoms with Crippen molar-refractivity contribution < 1.29 is 9.53 Å². The topological polar surface area (TPSA) is 41.6 Å². The standard InChI is InChI=1S/C21H26N2O2/c1-23(2)19-10-6-7-17(15-19)16-22-20(24)21(11-13-25-14-12-21)18-8-4-3-5-9-18/h3-10,15H,11-14,16H2,1-2H3,(H,22,24). The van der Waals surface area contributed by atoms with Crippen molar-refractivity contribution in [2.75, 3.05) is 32.2 Å². The lowest BCUT2D eigenvalue weighted by molar-refractivity contribution is -0.130. The summed E-state index contributed by atoms with van der Waals surface area (Å²) >= 11 is 0. The zero-order chi connectivity index (χ0) is 17.7. The molecule has 1 aliphatic rings. The first-order chi connectivity index (χ1) is 12.1. The van der Waals surface area contributed by atoms with Gasteiger partial charge in [0.05, 0.1) is 5.41 Å². The molecule has 0 aromatic heterocycles. The van der Waals surface area contributed by atoms with Gasteiger partial charge in [-0.3, -0.25) is 4.79 Å². The number of amides is 1. The molecular formula is C21H26N2O2. The summed E-state index contributed by atoms with van der Waals surface area (Å²) in [5, 5.41) is 3.16. The summed E-state index contributed by atoms with van der Waals surface area (Å²) in [7, 11) is 4.04. The Balaban J connectivity index is 1.76. The maximum Gasteiger partial charge on any atom is 0.231 e. The lowest BCUT2D eigenvalue weighted by Gasteiger charge is -2.36. The Labute approximate surface area is 149 Å². The predicted molar refractivity (Wildman–Crippen MR) is 101 cm³/mol. The molecule has 0 aliphatic carbocycles. The highest BCUT2D eigenvalue weighted by molar-refractivity contribution is 5.88. The van der Waals surface area contributed by atoms with E-state index < -0.39 is 5.41 Å². The number of rotatable bonds is 5. The smallest absolute Gasteiger partial charge is 0.231 e. The molecule has 4 heteroatoms. The van der Waals surface area contributed by atoms with E-state index in [1.807, 2.05) is 44.4 Å². The van der Waals surface area contributed by atoms with Crippen LogP contribution in [0.5, 0.6) is 0 Å². The fourth-order valence-electron chi connectivity index (χ4n) is 3.42. The van der Waals surface area contributed by atoms with Gasteiger partial charge in [-0.2, -0.15) is 0 Å². The molecule has 0 unspecified atom stereocenters. The molecule has 1 fully saturated rings. The van der Waals surface area contributed by atoms with Gasteiger partial charge in [0, 0.05) is 39.5 Å². The number of hydrogen-bond donors (Lipinski definition) is 1. The van der Waals surface area contributed by atoms with E-state index in [1.165, 1.54) is 0 Å². The lowest BCUT2D eigenvalue weighted by Crippen LogP contribution is -2.47. The van der Waals surface area contributed by atoms with Crippen LogP contribution in [-0.2, 0) is 21.5 Å². The Morgan fingerprint density at radius 3 is 2.48 bits per heavy atom. The Hall–Kier alpha value is -2.33. The van der Waals surface area contributed by atoms with Gasteiger partial charge in [-0.15, -0.1) is 0 Å². The Kier molecular flexibility index (Phi) is 5.39. The highest BCUT2D eigenvalue weighted by Gasteiger charge is 2.41. The third-order valence-corrected chi connectivity index (χ3v) is 4.99. The minimum Gasteiger partial charge on any atom is -0.381 e. The maximum absolute atomic E-state index is 13.1. The van der Waals surface area contributed by atoms with Crippen molar-refractivity contribution in [2.45, 2.75) is 24.8 Å². The van der Waals surface area contributed by atoms with E-state index >= 15 is 0 Å². The maximum atomic E-state index is 13.1. The summed E-state index contributed by atoms with van der Waals surface area (Å²) in [6.07, 6.45) is 1.45. The van der Waals surface area contributed by atoms with E-state index in [9.17, 15) is 4.79 Å². The molecule has 1 heterocycles. The molecule has 132 valence electrons. The van der Waals surface area contributed by atoms with Crippen LogP contribution in [0.25, 0.3) is 0 Å². The molecule has 0 radical (unpaired) electrons. The van der Waals surface area contributed by atoms with Crippen LogP contribution in [0.2, 0.25) is 0 Å². The fraction of sp³-hybridized carbons (Fsp3) is 0.381. The van der Waals surface area contributed by atoms with Gasteiger partial charge in [-0.25, -0.2) is 0 Å². The van der Waals surface area contributed by atoms with Crippen molar-refractivity contribution in [1.82, 2.24) is 5.32 Å². The zero-order valence-electron chi connectivity index (χ0n) is 15.0. The molecule has 0 spiro atoms. The highest BCUT2D eigenvalue weighted by Crippen LogP contribution is 2.35. The van der Waals surface area contributed by atoms with Gasteiger partial charge in [-0.1, -0.05) is 42.5 Å². The normalized spacial score (nSPS) is 16.2. The summed E-state index contributed by atoms with van der Waals surface area (Å²) in [6.45, 7) is 1.78. The molecule has 1 saturated heterocycles. The molecule has 25 heavy (non-hydrogen) atoms. The first-order valence-corrected chi connectivity index (χ1v) is 8.80. The van der Waals surface area contributed by atoms with Crippen molar-refractivity contribution in [3.8, 4) is 0 Å². The highest BCUT2D eigenvalue weighted by atomic mass is 16.5. The van der Waals surface area contributed by atoms with E-state index in [4.69, 9.17) is 4.74 Å². The molecule has 3 rings (SSSR count). The Morgan fingerprint density at radius 2 is 1.80 bits per heavy atom. The first-order valence-electron chi connectivity index (χ1n) is 8.80.